The summed E-state index contributed by atoms with van der Waals surface area (Å²) in [6, 6.07) is 17.8. The first-order valence-corrected chi connectivity index (χ1v) is 10.1. The van der Waals surface area contributed by atoms with E-state index in [1.165, 1.54) is 0 Å². The van der Waals surface area contributed by atoms with Crippen LogP contribution in [0.2, 0.25) is 0 Å². The minimum atomic E-state index is 0. The van der Waals surface area contributed by atoms with Crippen LogP contribution in [0.4, 0.5) is 11.6 Å². The number of ether oxygens (including phenoxy) is 2. The number of nitrogens with one attached hydrogen (secondary N) is 1. The van der Waals surface area contributed by atoms with Crippen molar-refractivity contribution in [3.05, 3.63) is 77.4 Å². The van der Waals surface area contributed by atoms with Crippen molar-refractivity contribution in [2.45, 2.75) is 0 Å². The van der Waals surface area contributed by atoms with Crippen molar-refractivity contribution in [1.29, 1.82) is 0 Å². The predicted molar refractivity (Wildman–Crippen MR) is 133 cm³/mol. The van der Waals surface area contributed by atoms with Crippen LogP contribution in [0.3, 0.4) is 0 Å². The number of rotatable bonds is 6. The molecule has 0 aliphatic heterocycles. The van der Waals surface area contributed by atoms with E-state index >= 15 is 0 Å². The van der Waals surface area contributed by atoms with Crippen LogP contribution in [-0.4, -0.2) is 24.2 Å². The lowest BCUT2D eigenvalue weighted by molar-refractivity contribution is 0.356. The molecule has 0 spiro atoms. The Kier molecular flexibility index (Phi) is 7.15. The molecule has 5 nitrogen and oxygen atoms in total. The zero-order valence-corrected chi connectivity index (χ0v) is 19.5. The normalized spacial score (nSPS) is 10.3. The predicted octanol–water partition coefficient (Wildman–Crippen LogP) is 6.88. The summed E-state index contributed by atoms with van der Waals surface area (Å²) in [6.07, 6.45) is 3.62. The molecule has 31 heavy (non-hydrogen) atoms. The van der Waals surface area contributed by atoms with Crippen LogP contribution in [0.1, 0.15) is 5.56 Å². The van der Waals surface area contributed by atoms with Gasteiger partial charge in [0.15, 0.2) is 11.5 Å². The van der Waals surface area contributed by atoms with Crippen LogP contribution >= 0.6 is 28.3 Å². The molecule has 7 heteroatoms. The maximum absolute atomic E-state index is 5.63. The highest BCUT2D eigenvalue weighted by Gasteiger charge is 2.15. The van der Waals surface area contributed by atoms with Gasteiger partial charge in [-0.15, -0.1) is 12.4 Å². The maximum Gasteiger partial charge on any atom is 0.227 e. The van der Waals surface area contributed by atoms with Gasteiger partial charge in [-0.25, -0.2) is 9.97 Å². The highest BCUT2D eigenvalue weighted by Crippen LogP contribution is 2.41. The molecule has 0 fully saturated rings. The number of methoxy groups -OCH3 is 2. The van der Waals surface area contributed by atoms with Gasteiger partial charge in [-0.1, -0.05) is 46.8 Å². The van der Waals surface area contributed by atoms with Crippen molar-refractivity contribution >= 4 is 57.0 Å². The minimum absolute atomic E-state index is 0. The highest BCUT2D eigenvalue weighted by atomic mass is 79.9. The molecule has 0 aliphatic carbocycles. The second-order valence-corrected chi connectivity index (χ2v) is 7.48. The van der Waals surface area contributed by atoms with Crippen molar-refractivity contribution in [2.75, 3.05) is 19.5 Å². The molecular weight excluding hydrogens is 478 g/mol. The van der Waals surface area contributed by atoms with E-state index in [1.807, 2.05) is 60.7 Å². The zero-order valence-electron chi connectivity index (χ0n) is 17.1. The topological polar surface area (TPSA) is 56.3 Å². The van der Waals surface area contributed by atoms with Crippen LogP contribution < -0.4 is 14.8 Å². The Morgan fingerprint density at radius 2 is 1.77 bits per heavy atom. The molecule has 0 saturated heterocycles. The van der Waals surface area contributed by atoms with E-state index in [2.05, 4.69) is 37.8 Å². The summed E-state index contributed by atoms with van der Waals surface area (Å²) in [5.41, 5.74) is 4.67. The highest BCUT2D eigenvalue weighted by molar-refractivity contribution is 9.10. The summed E-state index contributed by atoms with van der Waals surface area (Å²) in [5.74, 6) is 1.90. The largest absolute Gasteiger partial charge is 0.493 e. The van der Waals surface area contributed by atoms with Gasteiger partial charge >= 0.3 is 0 Å². The molecule has 158 valence electrons. The zero-order chi connectivity index (χ0) is 21.1. The van der Waals surface area contributed by atoms with E-state index in [1.54, 1.807) is 20.4 Å². The number of halogens is 2. The molecule has 0 atom stereocenters. The average molecular weight is 499 g/mol. The lowest BCUT2D eigenvalue weighted by Crippen LogP contribution is -1.98. The van der Waals surface area contributed by atoms with Crippen LogP contribution in [0.5, 0.6) is 11.5 Å². The van der Waals surface area contributed by atoms with E-state index in [4.69, 9.17) is 9.47 Å². The maximum atomic E-state index is 5.63. The number of aromatic nitrogens is 2. The van der Waals surface area contributed by atoms with Crippen LogP contribution in [0, 0.1) is 0 Å². The average Bonchev–Trinajstić information content (AvgIpc) is 2.78. The molecule has 4 aromatic rings. The van der Waals surface area contributed by atoms with E-state index < -0.39 is 0 Å². The van der Waals surface area contributed by atoms with E-state index in [9.17, 15) is 0 Å². The van der Waals surface area contributed by atoms with Crippen molar-refractivity contribution in [1.82, 2.24) is 9.97 Å². The number of nitrogens with zero attached hydrogens (tertiary/aromatic N) is 2. The summed E-state index contributed by atoms with van der Waals surface area (Å²) in [7, 11) is 3.27. The molecule has 1 heterocycles. The standard InChI is InChI=1S/C24H20BrN3O2.ClH/c1-4-15-7-12-21(29-2)23(30-3)22(15)16-5-9-19(10-6-16)27-24-26-14-17-13-18(25)8-11-20(17)28-24;/h4-14H,1H2,2-3H3,(H,26,27,28);1H. The lowest BCUT2D eigenvalue weighted by Gasteiger charge is -2.16. The van der Waals surface area contributed by atoms with Crippen LogP contribution in [0.15, 0.2) is 71.8 Å². The Labute approximate surface area is 195 Å². The van der Waals surface area contributed by atoms with Gasteiger partial charge in [0.05, 0.1) is 19.7 Å². The Morgan fingerprint density at radius 3 is 2.45 bits per heavy atom. The monoisotopic (exact) mass is 497 g/mol. The summed E-state index contributed by atoms with van der Waals surface area (Å²) >= 11 is 3.47. The van der Waals surface area contributed by atoms with Gasteiger partial charge in [-0.3, -0.25) is 0 Å². The fourth-order valence-electron chi connectivity index (χ4n) is 3.32. The first-order chi connectivity index (χ1) is 14.6. The van der Waals surface area contributed by atoms with Gasteiger partial charge in [0, 0.05) is 27.3 Å². The van der Waals surface area contributed by atoms with Crippen molar-refractivity contribution < 1.29 is 9.47 Å². The Balaban J connectivity index is 0.00000272. The minimum Gasteiger partial charge on any atom is -0.493 e. The van der Waals surface area contributed by atoms with E-state index in [0.29, 0.717) is 17.4 Å². The van der Waals surface area contributed by atoms with Gasteiger partial charge in [-0.05, 0) is 47.5 Å². The SMILES string of the molecule is C=Cc1ccc(OC)c(OC)c1-c1ccc(Nc2ncc3cc(Br)ccc3n2)cc1.Cl. The molecule has 4 rings (SSSR count). The number of hydrogen-bond acceptors (Lipinski definition) is 5. The third-order valence-electron chi connectivity index (χ3n) is 4.77. The molecule has 1 aromatic heterocycles. The number of benzene rings is 3. The fourth-order valence-corrected chi connectivity index (χ4v) is 3.70. The fraction of sp³-hybridized carbons (Fsp3) is 0.0833. The first-order valence-electron chi connectivity index (χ1n) is 9.30. The quantitative estimate of drug-likeness (QED) is 0.314. The van der Waals surface area contributed by atoms with E-state index in [-0.39, 0.29) is 12.4 Å². The van der Waals surface area contributed by atoms with Gasteiger partial charge in [0.2, 0.25) is 5.95 Å². The second-order valence-electron chi connectivity index (χ2n) is 6.57. The Morgan fingerprint density at radius 1 is 1.00 bits per heavy atom. The molecule has 0 unspecified atom stereocenters. The second kappa shape index (κ2) is 9.81. The van der Waals surface area contributed by atoms with Gasteiger partial charge in [-0.2, -0.15) is 0 Å². The van der Waals surface area contributed by atoms with Crippen molar-refractivity contribution in [3.8, 4) is 22.6 Å². The summed E-state index contributed by atoms with van der Waals surface area (Å²) in [4.78, 5) is 8.99. The summed E-state index contributed by atoms with van der Waals surface area (Å²) in [6.45, 7) is 3.92. The molecular formula is C24H21BrClN3O2. The van der Waals surface area contributed by atoms with Gasteiger partial charge in [0.1, 0.15) is 0 Å². The van der Waals surface area contributed by atoms with Crippen molar-refractivity contribution in [3.63, 3.8) is 0 Å². The molecule has 0 aliphatic rings. The van der Waals surface area contributed by atoms with E-state index in [0.717, 1.165) is 37.8 Å². The molecule has 3 aromatic carbocycles. The molecule has 0 amide bonds. The summed E-state index contributed by atoms with van der Waals surface area (Å²) in [5, 5.41) is 4.24. The Hall–Kier alpha value is -3.09. The molecule has 0 radical (unpaired) electrons. The summed E-state index contributed by atoms with van der Waals surface area (Å²) < 4.78 is 12.1. The first kappa shape index (κ1) is 22.6. The number of hydrogen-bond donors (Lipinski definition) is 1. The molecule has 1 N–H and O–H groups in total. The Bertz CT molecular complexity index is 1230. The van der Waals surface area contributed by atoms with Crippen molar-refractivity contribution in [2.24, 2.45) is 0 Å². The third kappa shape index (κ3) is 4.65. The molecule has 0 bridgehead atoms. The van der Waals surface area contributed by atoms with Crippen LogP contribution in [0.25, 0.3) is 28.1 Å². The van der Waals surface area contributed by atoms with Crippen LogP contribution in [-0.2, 0) is 0 Å². The van der Waals surface area contributed by atoms with Gasteiger partial charge in [0.25, 0.3) is 0 Å². The molecule has 0 saturated carbocycles. The third-order valence-corrected chi connectivity index (χ3v) is 5.26. The lowest BCUT2D eigenvalue weighted by atomic mass is 9.97. The van der Waals surface area contributed by atoms with Gasteiger partial charge < -0.3 is 14.8 Å². The smallest absolute Gasteiger partial charge is 0.227 e. The number of anilines is 2. The number of fused-ring (bicyclic) bond motifs is 1.